The van der Waals surface area contributed by atoms with Crippen molar-refractivity contribution in [2.45, 2.75) is 39.0 Å². The van der Waals surface area contributed by atoms with Crippen molar-refractivity contribution in [3.05, 3.63) is 40.1 Å². The maximum absolute atomic E-state index is 13.0. The topological polar surface area (TPSA) is 58.1 Å². The molecular formula is C18H23FN4OS. The van der Waals surface area contributed by atoms with Gasteiger partial charge in [0.15, 0.2) is 0 Å². The number of hydrogen-bond donors (Lipinski definition) is 1. The van der Waals surface area contributed by atoms with E-state index in [1.165, 1.54) is 12.1 Å². The van der Waals surface area contributed by atoms with Crippen molar-refractivity contribution in [3.8, 4) is 0 Å². The fourth-order valence-electron chi connectivity index (χ4n) is 2.96. The number of anilines is 1. The van der Waals surface area contributed by atoms with Crippen LogP contribution in [0.15, 0.2) is 24.3 Å². The summed E-state index contributed by atoms with van der Waals surface area (Å²) in [7, 11) is 0. The minimum Gasteiger partial charge on any atom is -0.324 e. The van der Waals surface area contributed by atoms with Crippen LogP contribution in [-0.2, 0) is 6.42 Å². The molecule has 1 aliphatic rings. The number of amides is 2. The Hall–Kier alpha value is -2.02. The number of likely N-dealkylation sites (tertiary alicyclic amines) is 1. The summed E-state index contributed by atoms with van der Waals surface area (Å²) >= 11 is 1.66. The van der Waals surface area contributed by atoms with Gasteiger partial charge in [0.1, 0.15) is 15.8 Å². The van der Waals surface area contributed by atoms with Crippen molar-refractivity contribution < 1.29 is 9.18 Å². The molecule has 2 aromatic rings. The highest BCUT2D eigenvalue weighted by molar-refractivity contribution is 7.11. The predicted octanol–water partition coefficient (Wildman–Crippen LogP) is 4.29. The Bertz CT molecular complexity index is 716. The molecule has 1 saturated heterocycles. The summed E-state index contributed by atoms with van der Waals surface area (Å²) in [6.07, 6.45) is 2.91. The summed E-state index contributed by atoms with van der Waals surface area (Å²) in [5.74, 6) is 0.487. The highest BCUT2D eigenvalue weighted by Gasteiger charge is 2.27. The van der Waals surface area contributed by atoms with E-state index in [0.717, 1.165) is 35.8 Å². The second kappa shape index (κ2) is 7.91. The van der Waals surface area contributed by atoms with E-state index in [2.05, 4.69) is 29.4 Å². The number of aromatic nitrogens is 2. The van der Waals surface area contributed by atoms with E-state index >= 15 is 0 Å². The zero-order valence-electron chi connectivity index (χ0n) is 14.5. The summed E-state index contributed by atoms with van der Waals surface area (Å²) in [6, 6.07) is 5.66. The first-order chi connectivity index (χ1) is 12.0. The van der Waals surface area contributed by atoms with Crippen molar-refractivity contribution in [1.29, 1.82) is 0 Å². The molecule has 2 amide bonds. The fourth-order valence-corrected chi connectivity index (χ4v) is 4.14. The summed E-state index contributed by atoms with van der Waals surface area (Å²) in [6.45, 7) is 5.71. The lowest BCUT2D eigenvalue weighted by molar-refractivity contribution is 0.192. The van der Waals surface area contributed by atoms with Gasteiger partial charge in [0, 0.05) is 31.1 Å². The number of carbonyl (C=O) groups is 1. The molecule has 0 bridgehead atoms. The Morgan fingerprint density at radius 3 is 2.84 bits per heavy atom. The van der Waals surface area contributed by atoms with Gasteiger partial charge >= 0.3 is 6.03 Å². The van der Waals surface area contributed by atoms with Gasteiger partial charge in [0.25, 0.3) is 0 Å². The Kier molecular flexibility index (Phi) is 5.63. The number of urea groups is 1. The van der Waals surface area contributed by atoms with Crippen LogP contribution in [-0.4, -0.2) is 34.2 Å². The standard InChI is InChI=1S/C18H23FN4OS/c1-12(2)10-16-21-22-17(25-16)13-4-3-9-23(11-13)18(24)20-15-7-5-14(19)6-8-15/h5-8,12-13H,3-4,9-11H2,1-2H3,(H,20,24). The lowest BCUT2D eigenvalue weighted by Crippen LogP contribution is -2.41. The first-order valence-corrected chi connectivity index (χ1v) is 9.46. The number of piperidine rings is 1. The lowest BCUT2D eigenvalue weighted by atomic mass is 9.99. The summed E-state index contributed by atoms with van der Waals surface area (Å²) < 4.78 is 13.0. The number of nitrogens with one attached hydrogen (secondary N) is 1. The molecule has 3 rings (SSSR count). The molecule has 1 atom stereocenters. The number of nitrogens with zero attached hydrogens (tertiary/aromatic N) is 3. The molecule has 0 spiro atoms. The lowest BCUT2D eigenvalue weighted by Gasteiger charge is -2.31. The smallest absolute Gasteiger partial charge is 0.321 e. The van der Waals surface area contributed by atoms with E-state index < -0.39 is 0 Å². The number of carbonyl (C=O) groups excluding carboxylic acids is 1. The van der Waals surface area contributed by atoms with Crippen LogP contribution >= 0.6 is 11.3 Å². The Balaban J connectivity index is 1.61. The van der Waals surface area contributed by atoms with E-state index in [-0.39, 0.29) is 17.8 Å². The Labute approximate surface area is 151 Å². The first kappa shape index (κ1) is 17.8. The zero-order valence-corrected chi connectivity index (χ0v) is 15.4. The summed E-state index contributed by atoms with van der Waals surface area (Å²) in [4.78, 5) is 14.3. The molecule has 2 heterocycles. The maximum Gasteiger partial charge on any atom is 0.321 e. The molecule has 1 aromatic carbocycles. The summed E-state index contributed by atoms with van der Waals surface area (Å²) in [5.41, 5.74) is 0.601. The van der Waals surface area contributed by atoms with E-state index in [4.69, 9.17) is 0 Å². The quantitative estimate of drug-likeness (QED) is 0.883. The third-order valence-electron chi connectivity index (χ3n) is 4.22. The van der Waals surface area contributed by atoms with Crippen LogP contribution in [0.4, 0.5) is 14.9 Å². The van der Waals surface area contributed by atoms with Gasteiger partial charge in [-0.15, -0.1) is 21.5 Å². The molecule has 1 fully saturated rings. The molecule has 1 aromatic heterocycles. The minimum absolute atomic E-state index is 0.150. The monoisotopic (exact) mass is 362 g/mol. The molecule has 0 aliphatic carbocycles. The van der Waals surface area contributed by atoms with E-state index in [1.54, 1.807) is 28.4 Å². The van der Waals surface area contributed by atoms with Crippen LogP contribution in [0.25, 0.3) is 0 Å². The van der Waals surface area contributed by atoms with Gasteiger partial charge in [-0.1, -0.05) is 13.8 Å². The van der Waals surface area contributed by atoms with Crippen LogP contribution in [0.5, 0.6) is 0 Å². The van der Waals surface area contributed by atoms with Gasteiger partial charge in [-0.05, 0) is 43.0 Å². The average Bonchev–Trinajstić information content (AvgIpc) is 3.05. The van der Waals surface area contributed by atoms with E-state index in [9.17, 15) is 9.18 Å². The Morgan fingerprint density at radius 2 is 2.12 bits per heavy atom. The highest BCUT2D eigenvalue weighted by atomic mass is 32.1. The second-order valence-electron chi connectivity index (χ2n) is 6.85. The van der Waals surface area contributed by atoms with E-state index in [0.29, 0.717) is 18.2 Å². The molecule has 1 N–H and O–H groups in total. The zero-order chi connectivity index (χ0) is 17.8. The van der Waals surface area contributed by atoms with Gasteiger partial charge in [-0.25, -0.2) is 9.18 Å². The molecule has 1 aliphatic heterocycles. The first-order valence-electron chi connectivity index (χ1n) is 8.65. The van der Waals surface area contributed by atoms with Crippen molar-refractivity contribution in [2.24, 2.45) is 5.92 Å². The molecule has 25 heavy (non-hydrogen) atoms. The van der Waals surface area contributed by atoms with Crippen LogP contribution in [0.2, 0.25) is 0 Å². The van der Waals surface area contributed by atoms with Crippen molar-refractivity contribution >= 4 is 23.1 Å². The van der Waals surface area contributed by atoms with Gasteiger partial charge in [-0.3, -0.25) is 0 Å². The van der Waals surface area contributed by atoms with Gasteiger partial charge in [-0.2, -0.15) is 0 Å². The SMILES string of the molecule is CC(C)Cc1nnc(C2CCCN(C(=O)Nc3ccc(F)cc3)C2)s1. The normalized spacial score (nSPS) is 17.8. The van der Waals surface area contributed by atoms with Gasteiger partial charge in [0.2, 0.25) is 0 Å². The predicted molar refractivity (Wildman–Crippen MR) is 97.4 cm³/mol. The number of halogens is 1. The number of rotatable bonds is 4. The number of benzene rings is 1. The molecule has 134 valence electrons. The third-order valence-corrected chi connectivity index (χ3v) is 5.33. The fraction of sp³-hybridized carbons (Fsp3) is 0.500. The van der Waals surface area contributed by atoms with Crippen LogP contribution in [0.3, 0.4) is 0 Å². The molecule has 0 saturated carbocycles. The largest absolute Gasteiger partial charge is 0.324 e. The maximum atomic E-state index is 13.0. The average molecular weight is 362 g/mol. The molecule has 1 unspecified atom stereocenters. The minimum atomic E-state index is -0.315. The van der Waals surface area contributed by atoms with Crippen LogP contribution < -0.4 is 5.32 Å². The molecule has 5 nitrogen and oxygen atoms in total. The molecule has 7 heteroatoms. The van der Waals surface area contributed by atoms with Crippen molar-refractivity contribution in [2.75, 3.05) is 18.4 Å². The molecule has 0 radical (unpaired) electrons. The van der Waals surface area contributed by atoms with Gasteiger partial charge in [0.05, 0.1) is 0 Å². The van der Waals surface area contributed by atoms with Crippen molar-refractivity contribution in [3.63, 3.8) is 0 Å². The van der Waals surface area contributed by atoms with Crippen LogP contribution in [0, 0.1) is 11.7 Å². The third kappa shape index (κ3) is 4.75. The van der Waals surface area contributed by atoms with Crippen molar-refractivity contribution in [1.82, 2.24) is 15.1 Å². The van der Waals surface area contributed by atoms with Crippen LogP contribution in [0.1, 0.15) is 42.6 Å². The van der Waals surface area contributed by atoms with Gasteiger partial charge < -0.3 is 10.2 Å². The highest BCUT2D eigenvalue weighted by Crippen LogP contribution is 2.30. The Morgan fingerprint density at radius 1 is 1.36 bits per heavy atom. The second-order valence-corrected chi connectivity index (χ2v) is 7.95. The molecular weight excluding hydrogens is 339 g/mol. The number of hydrogen-bond acceptors (Lipinski definition) is 4. The van der Waals surface area contributed by atoms with E-state index in [1.807, 2.05) is 0 Å². The summed E-state index contributed by atoms with van der Waals surface area (Å²) in [5, 5.41) is 13.6.